The molecule has 3 rings (SSSR count). The number of hydrogen-bond donors (Lipinski definition) is 0. The molecular weight excluding hydrogens is 180 g/mol. The van der Waals surface area contributed by atoms with Crippen LogP contribution in [0.15, 0.2) is 11.6 Å². The molecule has 0 nitrogen and oxygen atoms in total. The molecule has 2 fully saturated rings. The van der Waals surface area contributed by atoms with Crippen molar-refractivity contribution in [2.24, 2.45) is 28.6 Å². The van der Waals surface area contributed by atoms with Gasteiger partial charge in [0.1, 0.15) is 0 Å². The van der Waals surface area contributed by atoms with Gasteiger partial charge in [0.05, 0.1) is 0 Å². The monoisotopic (exact) mass is 204 g/mol. The molecule has 3 aliphatic carbocycles. The summed E-state index contributed by atoms with van der Waals surface area (Å²) >= 11 is 0. The summed E-state index contributed by atoms with van der Waals surface area (Å²) in [5.74, 6) is 2.80. The maximum Gasteiger partial charge on any atom is -0.0139 e. The molecule has 0 aliphatic heterocycles. The minimum absolute atomic E-state index is 0.684. The van der Waals surface area contributed by atoms with Crippen molar-refractivity contribution in [1.82, 2.24) is 0 Å². The Hall–Kier alpha value is -0.260. The van der Waals surface area contributed by atoms with Crippen molar-refractivity contribution >= 4 is 0 Å². The third-order valence-electron chi connectivity index (χ3n) is 6.24. The summed E-state index contributed by atoms with van der Waals surface area (Å²) in [6.07, 6.45) is 8.40. The third kappa shape index (κ3) is 0.946. The van der Waals surface area contributed by atoms with Crippen LogP contribution < -0.4 is 0 Å². The van der Waals surface area contributed by atoms with Crippen LogP contribution in [0.25, 0.3) is 0 Å². The molecule has 4 bridgehead atoms. The van der Waals surface area contributed by atoms with E-state index in [1.165, 1.54) is 25.7 Å². The number of rotatable bonds is 1. The second kappa shape index (κ2) is 2.70. The van der Waals surface area contributed by atoms with E-state index in [0.717, 1.165) is 17.8 Å². The van der Waals surface area contributed by atoms with Gasteiger partial charge in [-0.15, -0.1) is 0 Å². The molecule has 0 amide bonds. The molecule has 4 atom stereocenters. The molecule has 0 radical (unpaired) electrons. The minimum Gasteiger partial charge on any atom is -0.0850 e. The van der Waals surface area contributed by atoms with Crippen molar-refractivity contribution in [2.75, 3.05) is 0 Å². The Morgan fingerprint density at radius 3 is 2.67 bits per heavy atom. The fraction of sp³-hybridized carbons (Fsp3) is 0.867. The lowest BCUT2D eigenvalue weighted by Crippen LogP contribution is -2.38. The highest BCUT2D eigenvalue weighted by molar-refractivity contribution is 5.27. The largest absolute Gasteiger partial charge is 0.0850 e. The average molecular weight is 204 g/mol. The van der Waals surface area contributed by atoms with Crippen LogP contribution in [0.2, 0.25) is 0 Å². The zero-order valence-electron chi connectivity index (χ0n) is 10.6. The Labute approximate surface area is 94.1 Å². The van der Waals surface area contributed by atoms with Gasteiger partial charge in [-0.25, -0.2) is 0 Å². The molecule has 0 heterocycles. The van der Waals surface area contributed by atoms with Gasteiger partial charge in [-0.1, -0.05) is 32.4 Å². The molecular formula is C15H24. The van der Waals surface area contributed by atoms with Crippen LogP contribution in [-0.2, 0) is 0 Å². The summed E-state index contributed by atoms with van der Waals surface area (Å²) < 4.78 is 0. The lowest BCUT2D eigenvalue weighted by molar-refractivity contribution is 0.0827. The first-order valence-electron chi connectivity index (χ1n) is 6.67. The van der Waals surface area contributed by atoms with Crippen LogP contribution in [0.4, 0.5) is 0 Å². The van der Waals surface area contributed by atoms with Crippen LogP contribution in [0.3, 0.4) is 0 Å². The second-order valence-electron chi connectivity index (χ2n) is 6.91. The van der Waals surface area contributed by atoms with Gasteiger partial charge in [0.15, 0.2) is 0 Å². The van der Waals surface area contributed by atoms with E-state index in [1.54, 1.807) is 5.57 Å². The normalized spacial score (nSPS) is 52.5. The highest BCUT2D eigenvalue weighted by Crippen LogP contribution is 2.74. The van der Waals surface area contributed by atoms with E-state index in [-0.39, 0.29) is 0 Å². The Kier molecular flexibility index (Phi) is 1.79. The predicted molar refractivity (Wildman–Crippen MR) is 64.6 cm³/mol. The van der Waals surface area contributed by atoms with E-state index >= 15 is 0 Å². The van der Waals surface area contributed by atoms with Crippen LogP contribution in [-0.4, -0.2) is 0 Å². The highest BCUT2D eigenvalue weighted by Gasteiger charge is 2.66. The smallest absolute Gasteiger partial charge is 0.0139 e. The van der Waals surface area contributed by atoms with Gasteiger partial charge in [-0.3, -0.25) is 0 Å². The van der Waals surface area contributed by atoms with Gasteiger partial charge in [0.2, 0.25) is 0 Å². The molecule has 2 saturated carbocycles. The van der Waals surface area contributed by atoms with Gasteiger partial charge >= 0.3 is 0 Å². The molecule has 84 valence electrons. The molecule has 0 heteroatoms. The summed E-state index contributed by atoms with van der Waals surface area (Å²) in [7, 11) is 0. The molecule has 0 saturated heterocycles. The minimum atomic E-state index is 0.684. The van der Waals surface area contributed by atoms with Gasteiger partial charge in [-0.05, 0) is 61.2 Å². The standard InChI is InChI=1S/C15H24/c1-10(2)15-8-7-14(4)9-12(15)11(3)5-6-13(14)15/h5,10,12-13H,6-9H2,1-4H3/t12-,13-,14+,15+/m1/s1. The molecule has 3 aliphatic rings. The summed E-state index contributed by atoms with van der Waals surface area (Å²) in [5.41, 5.74) is 3.08. The van der Waals surface area contributed by atoms with Crippen molar-refractivity contribution in [3.8, 4) is 0 Å². The quantitative estimate of drug-likeness (QED) is 0.555. The number of hydrogen-bond acceptors (Lipinski definition) is 0. The van der Waals surface area contributed by atoms with Crippen LogP contribution in [0.5, 0.6) is 0 Å². The first-order chi connectivity index (χ1) is 7.01. The Bertz CT molecular complexity index is 325. The second-order valence-corrected chi connectivity index (χ2v) is 6.91. The Balaban J connectivity index is 2.12. The van der Waals surface area contributed by atoms with E-state index in [2.05, 4.69) is 33.8 Å². The third-order valence-corrected chi connectivity index (χ3v) is 6.24. The molecule has 0 unspecified atom stereocenters. The molecule has 0 N–H and O–H groups in total. The average Bonchev–Trinajstić information content (AvgIpc) is 2.56. The van der Waals surface area contributed by atoms with E-state index in [0.29, 0.717) is 10.8 Å². The van der Waals surface area contributed by atoms with Gasteiger partial charge in [0, 0.05) is 0 Å². The van der Waals surface area contributed by atoms with Gasteiger partial charge < -0.3 is 0 Å². The molecule has 15 heavy (non-hydrogen) atoms. The zero-order chi connectivity index (χ0) is 10.8. The van der Waals surface area contributed by atoms with E-state index in [9.17, 15) is 0 Å². The van der Waals surface area contributed by atoms with Gasteiger partial charge in [0.25, 0.3) is 0 Å². The molecule has 0 aromatic heterocycles. The van der Waals surface area contributed by atoms with Crippen molar-refractivity contribution in [1.29, 1.82) is 0 Å². The van der Waals surface area contributed by atoms with Crippen LogP contribution in [0, 0.1) is 28.6 Å². The predicted octanol–water partition coefficient (Wildman–Crippen LogP) is 4.42. The molecule has 0 aromatic carbocycles. The van der Waals surface area contributed by atoms with Crippen molar-refractivity contribution in [2.45, 2.75) is 53.4 Å². The highest BCUT2D eigenvalue weighted by atomic mass is 14.7. The van der Waals surface area contributed by atoms with Gasteiger partial charge in [-0.2, -0.15) is 0 Å². The summed E-state index contributed by atoms with van der Waals surface area (Å²) in [5, 5.41) is 0. The number of allylic oxidation sites excluding steroid dienone is 2. The SMILES string of the molecule is CC1=CC[C@@H]2[C@@]3(C)CC[C@]2(C(C)C)[C@@H]1C3. The van der Waals surface area contributed by atoms with E-state index in [1.807, 2.05) is 0 Å². The Morgan fingerprint density at radius 2 is 2.07 bits per heavy atom. The fourth-order valence-corrected chi connectivity index (χ4v) is 5.45. The van der Waals surface area contributed by atoms with Crippen molar-refractivity contribution in [3.63, 3.8) is 0 Å². The fourth-order valence-electron chi connectivity index (χ4n) is 5.45. The lowest BCUT2D eigenvalue weighted by Gasteiger charge is -2.45. The first-order valence-corrected chi connectivity index (χ1v) is 6.67. The maximum atomic E-state index is 2.56. The zero-order valence-corrected chi connectivity index (χ0v) is 10.6. The first kappa shape index (κ1) is 9.93. The van der Waals surface area contributed by atoms with Crippen molar-refractivity contribution in [3.05, 3.63) is 11.6 Å². The lowest BCUT2D eigenvalue weighted by atomic mass is 9.59. The topological polar surface area (TPSA) is 0 Å². The summed E-state index contributed by atoms with van der Waals surface area (Å²) in [4.78, 5) is 0. The van der Waals surface area contributed by atoms with Crippen LogP contribution >= 0.6 is 0 Å². The summed E-state index contributed by atoms with van der Waals surface area (Å²) in [6, 6.07) is 0. The Morgan fingerprint density at radius 1 is 1.33 bits per heavy atom. The molecule has 0 spiro atoms. The molecule has 0 aromatic rings. The van der Waals surface area contributed by atoms with E-state index < -0.39 is 0 Å². The maximum absolute atomic E-state index is 2.56. The van der Waals surface area contributed by atoms with E-state index in [4.69, 9.17) is 0 Å². The van der Waals surface area contributed by atoms with Crippen LogP contribution in [0.1, 0.15) is 53.4 Å². The van der Waals surface area contributed by atoms with Crippen molar-refractivity contribution < 1.29 is 0 Å². The summed E-state index contributed by atoms with van der Waals surface area (Å²) in [6.45, 7) is 9.88.